The fourth-order valence-corrected chi connectivity index (χ4v) is 3.91. The monoisotopic (exact) mass is 420 g/mol. The van der Waals surface area contributed by atoms with Crippen molar-refractivity contribution in [3.8, 4) is 11.3 Å². The van der Waals surface area contributed by atoms with Crippen LogP contribution in [0.25, 0.3) is 11.3 Å². The van der Waals surface area contributed by atoms with Crippen molar-refractivity contribution >= 4 is 24.5 Å². The van der Waals surface area contributed by atoms with E-state index in [9.17, 15) is 0 Å². The van der Waals surface area contributed by atoms with E-state index >= 15 is 0 Å². The number of fused-ring (bicyclic) bond motifs is 3. The Kier molecular flexibility index (Phi) is 2.87. The molecule has 1 aromatic heterocycles. The molecule has 0 atom stereocenters. The van der Waals surface area contributed by atoms with E-state index in [4.69, 9.17) is 0 Å². The third kappa shape index (κ3) is 1.48. The van der Waals surface area contributed by atoms with Gasteiger partial charge in [0.25, 0.3) is 0 Å². The minimum atomic E-state index is 0. The molecule has 2 aromatic rings. The van der Waals surface area contributed by atoms with Gasteiger partial charge in [0.15, 0.2) is 0 Å². The summed E-state index contributed by atoms with van der Waals surface area (Å²) in [7, 11) is 0. The van der Waals surface area contributed by atoms with Crippen LogP contribution in [0, 0.1) is 6.07 Å². The van der Waals surface area contributed by atoms with Gasteiger partial charge in [0.1, 0.15) is 0 Å². The van der Waals surface area contributed by atoms with Crippen molar-refractivity contribution in [3.05, 3.63) is 42.6 Å². The molecule has 0 aliphatic carbocycles. The van der Waals surface area contributed by atoms with Crippen LogP contribution < -0.4 is 8.70 Å². The van der Waals surface area contributed by atoms with Gasteiger partial charge in [0.05, 0.1) is 0 Å². The summed E-state index contributed by atoms with van der Waals surface area (Å²) in [5, 5.41) is 0. The summed E-state index contributed by atoms with van der Waals surface area (Å²) in [5.74, 6) is 0. The maximum absolute atomic E-state index is 4.39. The Morgan fingerprint density at radius 2 is 2.00 bits per heavy atom. The SMILES string of the molecule is [Ir].[c-]1cccc2c1-c1ncccc1[As]2. The third-order valence-corrected chi connectivity index (χ3v) is 4.65. The van der Waals surface area contributed by atoms with Crippen molar-refractivity contribution in [3.63, 3.8) is 0 Å². The first-order valence-electron chi connectivity index (χ1n) is 4.13. The van der Waals surface area contributed by atoms with Crippen LogP contribution in [0.5, 0.6) is 0 Å². The normalized spacial score (nSPS) is 13.1. The molecule has 1 aliphatic heterocycles. The molecular formula is C11H6AsIrN-. The van der Waals surface area contributed by atoms with Gasteiger partial charge < -0.3 is 0 Å². The van der Waals surface area contributed by atoms with E-state index in [0.29, 0.717) is 0 Å². The number of hydrogen-bond acceptors (Lipinski definition) is 1. The van der Waals surface area contributed by atoms with Crippen LogP contribution in [0.1, 0.15) is 0 Å². The molecule has 1 aromatic carbocycles. The van der Waals surface area contributed by atoms with E-state index in [1.54, 1.807) is 0 Å². The van der Waals surface area contributed by atoms with Crippen LogP contribution in [-0.4, -0.2) is 20.7 Å². The molecule has 2 radical (unpaired) electrons. The molecular weight excluding hydrogens is 413 g/mol. The molecule has 0 amide bonds. The predicted octanol–water partition coefficient (Wildman–Crippen LogP) is 0.515. The van der Waals surface area contributed by atoms with E-state index in [2.05, 4.69) is 29.2 Å². The summed E-state index contributed by atoms with van der Waals surface area (Å²) in [5.41, 5.74) is 2.37. The van der Waals surface area contributed by atoms with E-state index in [-0.39, 0.29) is 35.9 Å². The van der Waals surface area contributed by atoms with Crippen LogP contribution in [0.3, 0.4) is 0 Å². The van der Waals surface area contributed by atoms with Gasteiger partial charge in [-0.05, 0) is 0 Å². The van der Waals surface area contributed by atoms with Crippen molar-refractivity contribution < 1.29 is 20.1 Å². The van der Waals surface area contributed by atoms with Gasteiger partial charge in [0.2, 0.25) is 0 Å². The second kappa shape index (κ2) is 3.98. The summed E-state index contributed by atoms with van der Waals surface area (Å²) in [6.07, 6.45) is 1.86. The Morgan fingerprint density at radius 1 is 1.14 bits per heavy atom. The van der Waals surface area contributed by atoms with Gasteiger partial charge in [-0.2, -0.15) is 0 Å². The molecule has 0 N–H and O–H groups in total. The van der Waals surface area contributed by atoms with Crippen LogP contribution in [-0.2, 0) is 20.1 Å². The zero-order valence-corrected chi connectivity index (χ0v) is 11.5. The Labute approximate surface area is 103 Å². The van der Waals surface area contributed by atoms with Crippen LogP contribution in [0.15, 0.2) is 36.5 Å². The summed E-state index contributed by atoms with van der Waals surface area (Å²) < 4.78 is 2.85. The number of nitrogens with zero attached hydrogens (tertiary/aromatic N) is 1. The predicted molar refractivity (Wildman–Crippen MR) is 53.5 cm³/mol. The average Bonchev–Trinajstić information content (AvgIpc) is 2.56. The molecule has 0 unspecified atom stereocenters. The Bertz CT molecular complexity index is 427. The minimum absolute atomic E-state index is 0. The number of aromatic nitrogens is 1. The molecule has 3 rings (SSSR count). The number of rotatable bonds is 0. The summed E-state index contributed by atoms with van der Waals surface area (Å²) in [6.45, 7) is 0. The fourth-order valence-electron chi connectivity index (χ4n) is 1.52. The first kappa shape index (κ1) is 10.1. The summed E-state index contributed by atoms with van der Waals surface area (Å²) in [6, 6.07) is 13.7. The van der Waals surface area contributed by atoms with Gasteiger partial charge in [-0.1, -0.05) is 0 Å². The molecule has 2 heterocycles. The van der Waals surface area contributed by atoms with E-state index in [1.165, 1.54) is 14.3 Å². The first-order chi connectivity index (χ1) is 6.45. The fraction of sp³-hybridized carbons (Fsp3) is 0. The zero-order chi connectivity index (χ0) is 8.67. The standard InChI is InChI=1S/C11H6AsN.Ir/c1-2-5-9-8(4-1)11-10(12-9)6-3-7-13-11;/h1-3,5-7H;/q-1;. The quantitative estimate of drug-likeness (QED) is 0.383. The summed E-state index contributed by atoms with van der Waals surface area (Å²) >= 11 is 0.157. The van der Waals surface area contributed by atoms with Crippen molar-refractivity contribution in [2.45, 2.75) is 0 Å². The molecule has 3 heteroatoms. The molecule has 0 saturated carbocycles. The van der Waals surface area contributed by atoms with Crippen LogP contribution in [0.2, 0.25) is 0 Å². The van der Waals surface area contributed by atoms with Crippen molar-refractivity contribution in [2.75, 3.05) is 0 Å². The second-order valence-corrected chi connectivity index (χ2v) is 5.40. The molecule has 0 spiro atoms. The van der Waals surface area contributed by atoms with E-state index in [0.717, 1.165) is 5.69 Å². The zero-order valence-electron chi connectivity index (χ0n) is 7.19. The number of pyridine rings is 1. The first-order valence-corrected chi connectivity index (χ1v) is 6.00. The van der Waals surface area contributed by atoms with Crippen LogP contribution in [0.4, 0.5) is 0 Å². The van der Waals surface area contributed by atoms with Gasteiger partial charge in [-0.15, -0.1) is 0 Å². The van der Waals surface area contributed by atoms with E-state index < -0.39 is 0 Å². The molecule has 1 nitrogen and oxygen atoms in total. The summed E-state index contributed by atoms with van der Waals surface area (Å²) in [4.78, 5) is 4.39. The Hall–Kier alpha value is -0.422. The van der Waals surface area contributed by atoms with Gasteiger partial charge in [0, 0.05) is 20.1 Å². The molecule has 1 aliphatic rings. The number of hydrogen-bond donors (Lipinski definition) is 0. The molecule has 70 valence electrons. The van der Waals surface area contributed by atoms with Gasteiger partial charge in [-0.3, -0.25) is 0 Å². The third-order valence-electron chi connectivity index (χ3n) is 2.10. The van der Waals surface area contributed by atoms with Gasteiger partial charge in [-0.25, -0.2) is 0 Å². The van der Waals surface area contributed by atoms with Crippen molar-refractivity contribution in [1.29, 1.82) is 0 Å². The Balaban J connectivity index is 0.000000750. The Morgan fingerprint density at radius 3 is 2.93 bits per heavy atom. The van der Waals surface area contributed by atoms with E-state index in [1.807, 2.05) is 18.3 Å². The average molecular weight is 419 g/mol. The molecule has 0 saturated heterocycles. The molecule has 14 heavy (non-hydrogen) atoms. The van der Waals surface area contributed by atoms with Crippen LogP contribution >= 0.6 is 0 Å². The number of benzene rings is 1. The molecule has 0 fully saturated rings. The molecule has 0 bridgehead atoms. The topological polar surface area (TPSA) is 12.9 Å². The van der Waals surface area contributed by atoms with Gasteiger partial charge >= 0.3 is 83.3 Å². The maximum atomic E-state index is 4.39. The van der Waals surface area contributed by atoms with Crippen molar-refractivity contribution in [2.24, 2.45) is 0 Å². The second-order valence-electron chi connectivity index (χ2n) is 2.91. The van der Waals surface area contributed by atoms with Crippen molar-refractivity contribution in [1.82, 2.24) is 4.98 Å².